The molecule has 0 aliphatic heterocycles. The molecule has 0 aliphatic rings. The lowest BCUT2D eigenvalue weighted by atomic mass is 9.95. The molecule has 0 fully saturated rings. The quantitative estimate of drug-likeness (QED) is 0.717. The second kappa shape index (κ2) is 3.29. The summed E-state index contributed by atoms with van der Waals surface area (Å²) in [6, 6.07) is 0. The van der Waals surface area contributed by atoms with Gasteiger partial charge in [-0.2, -0.15) is 4.98 Å². The SMILES string of the molecule is CCc1nc(C(C)(C)C)nc2ocnc12. The van der Waals surface area contributed by atoms with Crippen molar-refractivity contribution in [2.24, 2.45) is 0 Å². The molecule has 2 aromatic rings. The first-order valence-corrected chi connectivity index (χ1v) is 5.13. The number of aryl methyl sites for hydroxylation is 1. The highest BCUT2D eigenvalue weighted by molar-refractivity contribution is 5.70. The summed E-state index contributed by atoms with van der Waals surface area (Å²) in [6.45, 7) is 8.32. The van der Waals surface area contributed by atoms with Gasteiger partial charge >= 0.3 is 0 Å². The zero-order valence-electron chi connectivity index (χ0n) is 9.53. The number of hydrogen-bond acceptors (Lipinski definition) is 4. The minimum absolute atomic E-state index is 0.0646. The van der Waals surface area contributed by atoms with Gasteiger partial charge in [-0.3, -0.25) is 0 Å². The van der Waals surface area contributed by atoms with Gasteiger partial charge in [0.05, 0.1) is 5.69 Å². The Bertz CT molecular complexity index is 482. The fraction of sp³-hybridized carbons (Fsp3) is 0.545. The highest BCUT2D eigenvalue weighted by Crippen LogP contribution is 2.22. The van der Waals surface area contributed by atoms with Gasteiger partial charge in [-0.1, -0.05) is 27.7 Å². The maximum atomic E-state index is 5.23. The Labute approximate surface area is 88.8 Å². The number of hydrogen-bond donors (Lipinski definition) is 0. The lowest BCUT2D eigenvalue weighted by Crippen LogP contribution is -2.17. The molecule has 0 N–H and O–H groups in total. The van der Waals surface area contributed by atoms with Gasteiger partial charge in [0.2, 0.25) is 5.71 Å². The molecule has 0 radical (unpaired) electrons. The molecule has 0 aliphatic carbocycles. The third-order valence-corrected chi connectivity index (χ3v) is 2.28. The number of rotatable bonds is 1. The van der Waals surface area contributed by atoms with Crippen LogP contribution in [0.2, 0.25) is 0 Å². The smallest absolute Gasteiger partial charge is 0.250 e. The molecule has 2 heterocycles. The molecule has 0 amide bonds. The van der Waals surface area contributed by atoms with Crippen molar-refractivity contribution in [2.75, 3.05) is 0 Å². The van der Waals surface area contributed by atoms with E-state index in [4.69, 9.17) is 4.42 Å². The normalized spacial score (nSPS) is 12.3. The van der Waals surface area contributed by atoms with Crippen LogP contribution in [0.3, 0.4) is 0 Å². The summed E-state index contributed by atoms with van der Waals surface area (Å²) in [5, 5.41) is 0. The topological polar surface area (TPSA) is 51.8 Å². The van der Waals surface area contributed by atoms with E-state index < -0.39 is 0 Å². The van der Waals surface area contributed by atoms with Crippen LogP contribution in [0, 0.1) is 0 Å². The molecule has 15 heavy (non-hydrogen) atoms. The van der Waals surface area contributed by atoms with E-state index in [2.05, 4.69) is 42.6 Å². The molecule has 0 atom stereocenters. The van der Waals surface area contributed by atoms with Crippen LogP contribution in [0.25, 0.3) is 11.2 Å². The van der Waals surface area contributed by atoms with Gasteiger partial charge in [-0.05, 0) is 6.42 Å². The molecule has 80 valence electrons. The Morgan fingerprint density at radius 3 is 2.60 bits per heavy atom. The van der Waals surface area contributed by atoms with Crippen LogP contribution in [0.5, 0.6) is 0 Å². The van der Waals surface area contributed by atoms with Crippen LogP contribution < -0.4 is 0 Å². The van der Waals surface area contributed by atoms with Gasteiger partial charge in [0.15, 0.2) is 11.9 Å². The predicted octanol–water partition coefficient (Wildman–Crippen LogP) is 2.48. The molecule has 0 saturated heterocycles. The lowest BCUT2D eigenvalue weighted by Gasteiger charge is -2.16. The van der Waals surface area contributed by atoms with E-state index in [1.165, 1.54) is 6.39 Å². The Kier molecular flexibility index (Phi) is 2.21. The third-order valence-electron chi connectivity index (χ3n) is 2.28. The summed E-state index contributed by atoms with van der Waals surface area (Å²) in [6.07, 6.45) is 2.26. The average Bonchev–Trinajstić information content (AvgIpc) is 2.62. The molecule has 2 aromatic heterocycles. The number of oxazole rings is 1. The van der Waals surface area contributed by atoms with Crippen LogP contribution in [-0.2, 0) is 11.8 Å². The summed E-state index contributed by atoms with van der Waals surface area (Å²) < 4.78 is 5.23. The van der Waals surface area contributed by atoms with Crippen LogP contribution in [-0.4, -0.2) is 15.0 Å². The summed E-state index contributed by atoms with van der Waals surface area (Å²) in [4.78, 5) is 13.0. The van der Waals surface area contributed by atoms with Crippen LogP contribution >= 0.6 is 0 Å². The maximum absolute atomic E-state index is 5.23. The minimum atomic E-state index is -0.0646. The summed E-state index contributed by atoms with van der Waals surface area (Å²) in [5.74, 6) is 0.809. The number of aromatic nitrogens is 3. The van der Waals surface area contributed by atoms with E-state index in [1.807, 2.05) is 0 Å². The van der Waals surface area contributed by atoms with Crippen molar-refractivity contribution in [3.8, 4) is 0 Å². The molecule has 0 aromatic carbocycles. The molecule has 0 spiro atoms. The van der Waals surface area contributed by atoms with Crippen molar-refractivity contribution in [1.29, 1.82) is 0 Å². The zero-order chi connectivity index (χ0) is 11.1. The average molecular weight is 205 g/mol. The molecule has 4 heteroatoms. The summed E-state index contributed by atoms with van der Waals surface area (Å²) in [5.41, 5.74) is 2.27. The fourth-order valence-electron chi connectivity index (χ4n) is 1.40. The minimum Gasteiger partial charge on any atom is -0.425 e. The van der Waals surface area contributed by atoms with Gasteiger partial charge in [-0.15, -0.1) is 0 Å². The highest BCUT2D eigenvalue weighted by Gasteiger charge is 2.20. The van der Waals surface area contributed by atoms with Crippen molar-refractivity contribution in [3.05, 3.63) is 17.9 Å². The first-order valence-electron chi connectivity index (χ1n) is 5.13. The van der Waals surface area contributed by atoms with E-state index in [0.717, 1.165) is 23.5 Å². The first kappa shape index (κ1) is 10.1. The van der Waals surface area contributed by atoms with E-state index in [1.54, 1.807) is 0 Å². The van der Waals surface area contributed by atoms with Gasteiger partial charge in [0, 0.05) is 5.41 Å². The van der Waals surface area contributed by atoms with Gasteiger partial charge in [0.25, 0.3) is 0 Å². The van der Waals surface area contributed by atoms with Crippen LogP contribution in [0.4, 0.5) is 0 Å². The van der Waals surface area contributed by atoms with Crippen LogP contribution in [0.1, 0.15) is 39.2 Å². The highest BCUT2D eigenvalue weighted by atomic mass is 16.3. The lowest BCUT2D eigenvalue weighted by molar-refractivity contribution is 0.530. The van der Waals surface area contributed by atoms with Crippen molar-refractivity contribution >= 4 is 11.2 Å². The Hall–Kier alpha value is -1.45. The maximum Gasteiger partial charge on any atom is 0.250 e. The van der Waals surface area contributed by atoms with Gasteiger partial charge in [-0.25, -0.2) is 9.97 Å². The summed E-state index contributed by atoms with van der Waals surface area (Å²) in [7, 11) is 0. The van der Waals surface area contributed by atoms with Crippen molar-refractivity contribution < 1.29 is 4.42 Å². The second-order valence-electron chi connectivity index (χ2n) is 4.60. The van der Waals surface area contributed by atoms with Crippen molar-refractivity contribution in [3.63, 3.8) is 0 Å². The molecule has 2 rings (SSSR count). The standard InChI is InChI=1S/C11H15N3O/c1-5-7-8-9(15-6-12-8)14-10(13-7)11(2,3)4/h6H,5H2,1-4H3. The Morgan fingerprint density at radius 2 is 2.00 bits per heavy atom. The molecule has 0 bridgehead atoms. The molecular formula is C11H15N3O. The van der Waals surface area contributed by atoms with E-state index in [9.17, 15) is 0 Å². The molecule has 4 nitrogen and oxygen atoms in total. The molecule has 0 unspecified atom stereocenters. The first-order chi connectivity index (χ1) is 7.02. The van der Waals surface area contributed by atoms with E-state index in [0.29, 0.717) is 5.71 Å². The van der Waals surface area contributed by atoms with Crippen molar-refractivity contribution in [2.45, 2.75) is 39.5 Å². The largest absolute Gasteiger partial charge is 0.425 e. The number of fused-ring (bicyclic) bond motifs is 1. The summed E-state index contributed by atoms with van der Waals surface area (Å²) >= 11 is 0. The number of nitrogens with zero attached hydrogens (tertiary/aromatic N) is 3. The van der Waals surface area contributed by atoms with Crippen molar-refractivity contribution in [1.82, 2.24) is 15.0 Å². The van der Waals surface area contributed by atoms with E-state index in [-0.39, 0.29) is 5.41 Å². The predicted molar refractivity (Wildman–Crippen MR) is 57.7 cm³/mol. The van der Waals surface area contributed by atoms with Gasteiger partial charge in [0.1, 0.15) is 5.82 Å². The van der Waals surface area contributed by atoms with Gasteiger partial charge < -0.3 is 4.42 Å². The van der Waals surface area contributed by atoms with E-state index >= 15 is 0 Å². The molecule has 0 saturated carbocycles. The fourth-order valence-corrected chi connectivity index (χ4v) is 1.40. The third kappa shape index (κ3) is 1.71. The molecular weight excluding hydrogens is 190 g/mol. The Morgan fingerprint density at radius 1 is 1.27 bits per heavy atom. The monoisotopic (exact) mass is 205 g/mol. The van der Waals surface area contributed by atoms with Crippen LogP contribution in [0.15, 0.2) is 10.8 Å². The second-order valence-corrected chi connectivity index (χ2v) is 4.60. The zero-order valence-corrected chi connectivity index (χ0v) is 9.53. The Balaban J connectivity index is 2.69.